The molecule has 0 aliphatic heterocycles. The first-order valence-corrected chi connectivity index (χ1v) is 6.48. The molecule has 0 bridgehead atoms. The average Bonchev–Trinajstić information content (AvgIpc) is 2.31. The molecular formula is C15H14. The molecule has 74 valence electrons. The third-order valence-electron chi connectivity index (χ3n) is 7.04. The smallest absolute Gasteiger partial charge is 0.0155 e. The SMILES string of the molecule is c1ccc(CC23C4C5C6C4C2C6C53)cc1. The van der Waals surface area contributed by atoms with Crippen LogP contribution < -0.4 is 0 Å². The van der Waals surface area contributed by atoms with Gasteiger partial charge in [0.2, 0.25) is 0 Å². The molecule has 6 saturated carbocycles. The zero-order valence-corrected chi connectivity index (χ0v) is 8.64. The lowest BCUT2D eigenvalue weighted by atomic mass is 8.96. The quantitative estimate of drug-likeness (QED) is 0.679. The molecule has 6 aliphatic rings. The van der Waals surface area contributed by atoms with Crippen LogP contribution in [-0.2, 0) is 6.42 Å². The summed E-state index contributed by atoms with van der Waals surface area (Å²) < 4.78 is 0. The molecule has 0 atom stereocenters. The second kappa shape index (κ2) is 1.59. The lowest BCUT2D eigenvalue weighted by molar-refractivity contribution is -0.614. The lowest BCUT2D eigenvalue weighted by Gasteiger charge is -3.08. The van der Waals surface area contributed by atoms with Crippen molar-refractivity contribution < 1.29 is 0 Å². The number of benzene rings is 1. The maximum Gasteiger partial charge on any atom is -0.0155 e. The monoisotopic (exact) mass is 194 g/mol. The highest BCUT2D eigenvalue weighted by atomic mass is 15.1. The summed E-state index contributed by atoms with van der Waals surface area (Å²) in [7, 11) is 0. The summed E-state index contributed by atoms with van der Waals surface area (Å²) in [5, 5.41) is 0. The molecule has 0 N–H and O–H groups in total. The summed E-state index contributed by atoms with van der Waals surface area (Å²) in [5.74, 6) is 8.63. The van der Waals surface area contributed by atoms with Crippen molar-refractivity contribution in [2.75, 3.05) is 0 Å². The van der Waals surface area contributed by atoms with Crippen LogP contribution in [0.15, 0.2) is 30.3 Å². The van der Waals surface area contributed by atoms with E-state index in [2.05, 4.69) is 30.3 Å². The summed E-state index contributed by atoms with van der Waals surface area (Å²) >= 11 is 0. The van der Waals surface area contributed by atoms with Crippen LogP contribution in [0.2, 0.25) is 0 Å². The molecule has 7 rings (SSSR count). The van der Waals surface area contributed by atoms with Gasteiger partial charge in [-0.1, -0.05) is 30.3 Å². The van der Waals surface area contributed by atoms with Gasteiger partial charge in [-0.3, -0.25) is 0 Å². The van der Waals surface area contributed by atoms with E-state index in [1.54, 1.807) is 5.56 Å². The summed E-state index contributed by atoms with van der Waals surface area (Å²) in [6, 6.07) is 11.2. The molecule has 0 radical (unpaired) electrons. The van der Waals surface area contributed by atoms with Crippen LogP contribution >= 0.6 is 0 Å². The number of hydrogen-bond acceptors (Lipinski definition) is 0. The van der Waals surface area contributed by atoms with Crippen LogP contribution in [-0.4, -0.2) is 0 Å². The molecule has 0 amide bonds. The zero-order chi connectivity index (χ0) is 9.36. The Bertz CT molecular complexity index is 435. The van der Waals surface area contributed by atoms with E-state index in [1.165, 1.54) is 47.8 Å². The van der Waals surface area contributed by atoms with E-state index < -0.39 is 0 Å². The number of rotatable bonds is 2. The molecule has 0 unspecified atom stereocenters. The highest BCUT2D eigenvalue weighted by Crippen LogP contribution is 3.06. The Hall–Kier alpha value is -0.780. The molecule has 15 heavy (non-hydrogen) atoms. The molecular weight excluding hydrogens is 180 g/mol. The van der Waals surface area contributed by atoms with Crippen molar-refractivity contribution in [1.29, 1.82) is 0 Å². The fraction of sp³-hybridized carbons (Fsp3) is 0.600. The molecule has 0 heteroatoms. The van der Waals surface area contributed by atoms with Crippen molar-refractivity contribution in [2.24, 2.45) is 46.8 Å². The van der Waals surface area contributed by atoms with Gasteiger partial charge in [0.25, 0.3) is 0 Å². The van der Waals surface area contributed by atoms with Gasteiger partial charge in [-0.2, -0.15) is 0 Å². The van der Waals surface area contributed by atoms with Gasteiger partial charge in [0.15, 0.2) is 0 Å². The normalized spacial score (nSPS) is 67.9. The first-order valence-electron chi connectivity index (χ1n) is 6.48. The Morgan fingerprint density at radius 1 is 0.800 bits per heavy atom. The standard InChI is InChI=1S/C15H14/c1-2-4-7(5-3-1)6-15-12-9-8-10(12)14(15)11(8)13(9)15/h1-5,8-14H,6H2. The second-order valence-corrected chi connectivity index (χ2v) is 6.66. The van der Waals surface area contributed by atoms with Gasteiger partial charge < -0.3 is 0 Å². The van der Waals surface area contributed by atoms with Gasteiger partial charge >= 0.3 is 0 Å². The second-order valence-electron chi connectivity index (χ2n) is 6.66. The minimum absolute atomic E-state index is 0.871. The maximum atomic E-state index is 2.33. The van der Waals surface area contributed by atoms with Crippen LogP contribution in [0.3, 0.4) is 0 Å². The Morgan fingerprint density at radius 3 is 2.00 bits per heavy atom. The Balaban J connectivity index is 1.41. The largest absolute Gasteiger partial charge is 0.0622 e. The van der Waals surface area contributed by atoms with E-state index in [-0.39, 0.29) is 0 Å². The summed E-state index contributed by atoms with van der Waals surface area (Å²) in [6.45, 7) is 0. The summed E-state index contributed by atoms with van der Waals surface area (Å²) in [4.78, 5) is 0. The third-order valence-corrected chi connectivity index (χ3v) is 7.04. The predicted octanol–water partition coefficient (Wildman–Crippen LogP) is 2.60. The first-order chi connectivity index (χ1) is 7.44. The van der Waals surface area contributed by atoms with Crippen molar-refractivity contribution in [3.63, 3.8) is 0 Å². The van der Waals surface area contributed by atoms with Gasteiger partial charge in [-0.05, 0) is 58.8 Å². The fourth-order valence-electron chi connectivity index (χ4n) is 6.97. The van der Waals surface area contributed by atoms with Gasteiger partial charge in [-0.15, -0.1) is 0 Å². The third kappa shape index (κ3) is 0.380. The van der Waals surface area contributed by atoms with Crippen molar-refractivity contribution >= 4 is 0 Å². The van der Waals surface area contributed by atoms with Crippen LogP contribution in [0.25, 0.3) is 0 Å². The highest BCUT2D eigenvalue weighted by Gasteiger charge is 3.03. The zero-order valence-electron chi connectivity index (χ0n) is 8.64. The van der Waals surface area contributed by atoms with Crippen LogP contribution in [0.1, 0.15) is 5.56 Å². The predicted molar refractivity (Wildman–Crippen MR) is 57.0 cm³/mol. The molecule has 0 heterocycles. The molecule has 6 fully saturated rings. The molecule has 0 aromatic heterocycles. The summed E-state index contributed by atoms with van der Waals surface area (Å²) in [6.07, 6.45) is 1.42. The molecule has 0 spiro atoms. The molecule has 0 nitrogen and oxygen atoms in total. The van der Waals surface area contributed by atoms with E-state index in [0.717, 1.165) is 5.41 Å². The molecule has 1 aromatic carbocycles. The van der Waals surface area contributed by atoms with E-state index >= 15 is 0 Å². The van der Waals surface area contributed by atoms with E-state index in [9.17, 15) is 0 Å². The molecule has 1 aromatic rings. The maximum absolute atomic E-state index is 2.33. The lowest BCUT2D eigenvalue weighted by Crippen LogP contribution is -3.05. The van der Waals surface area contributed by atoms with Crippen LogP contribution in [0.4, 0.5) is 0 Å². The van der Waals surface area contributed by atoms with Gasteiger partial charge in [0.05, 0.1) is 0 Å². The Morgan fingerprint density at radius 2 is 1.40 bits per heavy atom. The minimum Gasteiger partial charge on any atom is -0.0622 e. The Kier molecular flexibility index (Phi) is 0.714. The van der Waals surface area contributed by atoms with Crippen molar-refractivity contribution in [1.82, 2.24) is 0 Å². The van der Waals surface area contributed by atoms with Crippen molar-refractivity contribution in [3.8, 4) is 0 Å². The van der Waals surface area contributed by atoms with E-state index in [0.29, 0.717) is 0 Å². The fourth-order valence-corrected chi connectivity index (χ4v) is 6.97. The van der Waals surface area contributed by atoms with Gasteiger partial charge in [-0.25, -0.2) is 0 Å². The number of hydrogen-bond donors (Lipinski definition) is 0. The van der Waals surface area contributed by atoms with Gasteiger partial charge in [0.1, 0.15) is 0 Å². The van der Waals surface area contributed by atoms with Crippen LogP contribution in [0.5, 0.6) is 0 Å². The topological polar surface area (TPSA) is 0 Å². The minimum atomic E-state index is 0.871. The van der Waals surface area contributed by atoms with Gasteiger partial charge in [0, 0.05) is 0 Å². The van der Waals surface area contributed by atoms with E-state index in [1.807, 2.05) is 0 Å². The average molecular weight is 194 g/mol. The van der Waals surface area contributed by atoms with Crippen molar-refractivity contribution in [3.05, 3.63) is 35.9 Å². The first kappa shape index (κ1) is 6.73. The van der Waals surface area contributed by atoms with Crippen LogP contribution in [0, 0.1) is 46.8 Å². The Labute approximate surface area is 89.7 Å². The highest BCUT2D eigenvalue weighted by molar-refractivity contribution is 5.51. The summed E-state index contributed by atoms with van der Waals surface area (Å²) in [5.41, 5.74) is 2.48. The van der Waals surface area contributed by atoms with E-state index in [4.69, 9.17) is 0 Å². The molecule has 0 saturated heterocycles. The van der Waals surface area contributed by atoms with Crippen molar-refractivity contribution in [2.45, 2.75) is 6.42 Å². The molecule has 6 aliphatic carbocycles.